The van der Waals surface area contributed by atoms with E-state index in [0.29, 0.717) is 37.2 Å². The maximum atomic E-state index is 12.6. The van der Waals surface area contributed by atoms with Crippen molar-refractivity contribution in [2.45, 2.75) is 45.1 Å². The molecule has 2 amide bonds. The summed E-state index contributed by atoms with van der Waals surface area (Å²) in [6.07, 6.45) is 6.70. The molecule has 3 heterocycles. The summed E-state index contributed by atoms with van der Waals surface area (Å²) in [5, 5.41) is 0. The Morgan fingerprint density at radius 2 is 1.96 bits per heavy atom. The quantitative estimate of drug-likeness (QED) is 0.819. The summed E-state index contributed by atoms with van der Waals surface area (Å²) in [5.74, 6) is 0.653. The summed E-state index contributed by atoms with van der Waals surface area (Å²) in [6, 6.07) is 3.87. The van der Waals surface area contributed by atoms with Gasteiger partial charge in [-0.15, -0.1) is 0 Å². The van der Waals surface area contributed by atoms with Crippen molar-refractivity contribution in [3.05, 3.63) is 24.2 Å². The highest BCUT2D eigenvalue weighted by Crippen LogP contribution is 2.20. The molecule has 3 rings (SSSR count). The van der Waals surface area contributed by atoms with E-state index < -0.39 is 0 Å². The lowest BCUT2D eigenvalue weighted by Gasteiger charge is -2.37. The Morgan fingerprint density at radius 1 is 1.16 bits per heavy atom. The fraction of sp³-hybridized carbons (Fsp3) is 0.684. The van der Waals surface area contributed by atoms with Crippen molar-refractivity contribution in [2.24, 2.45) is 0 Å². The molecule has 1 aromatic heterocycles. The first-order chi connectivity index (χ1) is 12.2. The van der Waals surface area contributed by atoms with Gasteiger partial charge in [0.15, 0.2) is 5.76 Å². The largest absolute Gasteiger partial charge is 0.459 e. The van der Waals surface area contributed by atoms with E-state index in [2.05, 4.69) is 16.7 Å². The van der Waals surface area contributed by atoms with Gasteiger partial charge in [0.25, 0.3) is 5.91 Å². The van der Waals surface area contributed by atoms with E-state index in [4.69, 9.17) is 4.42 Å². The zero-order chi connectivity index (χ0) is 17.6. The van der Waals surface area contributed by atoms with E-state index in [0.717, 1.165) is 45.4 Å². The van der Waals surface area contributed by atoms with Crippen LogP contribution < -0.4 is 0 Å². The summed E-state index contributed by atoms with van der Waals surface area (Å²) in [5.41, 5.74) is 0. The van der Waals surface area contributed by atoms with Gasteiger partial charge in [-0.1, -0.05) is 6.92 Å². The van der Waals surface area contributed by atoms with E-state index in [1.807, 2.05) is 4.90 Å². The van der Waals surface area contributed by atoms with E-state index >= 15 is 0 Å². The van der Waals surface area contributed by atoms with Crippen LogP contribution in [0.1, 0.15) is 49.6 Å². The molecule has 138 valence electrons. The fourth-order valence-electron chi connectivity index (χ4n) is 3.88. The molecule has 25 heavy (non-hydrogen) atoms. The van der Waals surface area contributed by atoms with Crippen LogP contribution in [0.2, 0.25) is 0 Å². The molecule has 2 aliphatic heterocycles. The second-order valence-corrected chi connectivity index (χ2v) is 7.01. The second-order valence-electron chi connectivity index (χ2n) is 7.01. The van der Waals surface area contributed by atoms with Crippen LogP contribution in [0.5, 0.6) is 0 Å². The highest BCUT2D eigenvalue weighted by molar-refractivity contribution is 5.91. The van der Waals surface area contributed by atoms with Gasteiger partial charge >= 0.3 is 0 Å². The molecule has 1 atom stereocenters. The van der Waals surface area contributed by atoms with Crippen molar-refractivity contribution in [1.82, 2.24) is 14.7 Å². The van der Waals surface area contributed by atoms with Gasteiger partial charge in [0.2, 0.25) is 5.91 Å². The molecule has 6 heteroatoms. The molecule has 1 unspecified atom stereocenters. The van der Waals surface area contributed by atoms with Gasteiger partial charge in [0.1, 0.15) is 0 Å². The first kappa shape index (κ1) is 18.0. The van der Waals surface area contributed by atoms with E-state index in [9.17, 15) is 9.59 Å². The Kier molecular flexibility index (Phi) is 6.13. The van der Waals surface area contributed by atoms with Gasteiger partial charge in [0.05, 0.1) is 6.26 Å². The van der Waals surface area contributed by atoms with Gasteiger partial charge < -0.3 is 14.2 Å². The second kappa shape index (κ2) is 8.52. The Bertz CT molecular complexity index is 564. The minimum absolute atomic E-state index is 0.0418. The number of piperidine rings is 1. The molecule has 0 aliphatic carbocycles. The van der Waals surface area contributed by atoms with Crippen molar-refractivity contribution < 1.29 is 14.0 Å². The molecule has 0 saturated carbocycles. The molecule has 0 spiro atoms. The van der Waals surface area contributed by atoms with Crippen molar-refractivity contribution in [3.8, 4) is 0 Å². The number of carbonyl (C=O) groups excluding carboxylic acids is 2. The maximum Gasteiger partial charge on any atom is 0.289 e. The Labute approximate surface area is 149 Å². The summed E-state index contributed by atoms with van der Waals surface area (Å²) in [7, 11) is 0. The third kappa shape index (κ3) is 4.42. The number of hydrogen-bond acceptors (Lipinski definition) is 4. The average Bonchev–Trinajstić information content (AvgIpc) is 3.20. The van der Waals surface area contributed by atoms with Crippen LogP contribution in [0.3, 0.4) is 0 Å². The van der Waals surface area contributed by atoms with Crippen LogP contribution >= 0.6 is 0 Å². The number of furan rings is 1. The van der Waals surface area contributed by atoms with Crippen LogP contribution in [0.15, 0.2) is 22.8 Å². The molecule has 2 saturated heterocycles. The molecule has 0 bridgehead atoms. The number of hydrogen-bond donors (Lipinski definition) is 0. The van der Waals surface area contributed by atoms with Crippen molar-refractivity contribution in [1.29, 1.82) is 0 Å². The first-order valence-corrected chi connectivity index (χ1v) is 9.53. The predicted molar refractivity (Wildman–Crippen MR) is 95.3 cm³/mol. The molecule has 2 fully saturated rings. The number of likely N-dealkylation sites (tertiary alicyclic amines) is 1. The highest BCUT2D eigenvalue weighted by atomic mass is 16.3. The van der Waals surface area contributed by atoms with E-state index in [-0.39, 0.29) is 5.91 Å². The van der Waals surface area contributed by atoms with Crippen LogP contribution in [0.4, 0.5) is 0 Å². The number of amides is 2. The van der Waals surface area contributed by atoms with Crippen LogP contribution in [-0.4, -0.2) is 71.8 Å². The third-order valence-electron chi connectivity index (χ3n) is 5.45. The Balaban J connectivity index is 1.41. The zero-order valence-corrected chi connectivity index (χ0v) is 15.2. The lowest BCUT2D eigenvalue weighted by atomic mass is 9.99. The summed E-state index contributed by atoms with van der Waals surface area (Å²) in [6.45, 7) is 6.89. The predicted octanol–water partition coefficient (Wildman–Crippen LogP) is 2.22. The van der Waals surface area contributed by atoms with Crippen LogP contribution in [-0.2, 0) is 4.79 Å². The number of carbonyl (C=O) groups is 2. The van der Waals surface area contributed by atoms with Gasteiger partial charge in [-0.05, 0) is 37.8 Å². The maximum absolute atomic E-state index is 12.6. The molecule has 6 nitrogen and oxygen atoms in total. The van der Waals surface area contributed by atoms with Crippen molar-refractivity contribution >= 4 is 11.8 Å². The van der Waals surface area contributed by atoms with E-state index in [1.165, 1.54) is 12.7 Å². The molecular weight excluding hydrogens is 318 g/mol. The van der Waals surface area contributed by atoms with Crippen LogP contribution in [0.25, 0.3) is 0 Å². The molecule has 0 N–H and O–H groups in total. The van der Waals surface area contributed by atoms with Crippen molar-refractivity contribution in [3.63, 3.8) is 0 Å². The van der Waals surface area contributed by atoms with Crippen molar-refractivity contribution in [2.75, 3.05) is 39.3 Å². The number of rotatable bonds is 5. The fourth-order valence-corrected chi connectivity index (χ4v) is 3.88. The average molecular weight is 347 g/mol. The summed E-state index contributed by atoms with van der Waals surface area (Å²) in [4.78, 5) is 31.0. The van der Waals surface area contributed by atoms with E-state index in [1.54, 1.807) is 12.1 Å². The Morgan fingerprint density at radius 3 is 2.64 bits per heavy atom. The summed E-state index contributed by atoms with van der Waals surface area (Å²) < 4.78 is 5.19. The molecule has 2 aliphatic rings. The normalized spacial score (nSPS) is 22.2. The molecule has 0 aromatic carbocycles. The lowest BCUT2D eigenvalue weighted by Crippen LogP contribution is -2.50. The smallest absolute Gasteiger partial charge is 0.289 e. The topological polar surface area (TPSA) is 57.0 Å². The molecule has 0 radical (unpaired) electrons. The van der Waals surface area contributed by atoms with Gasteiger partial charge in [0, 0.05) is 51.7 Å². The third-order valence-corrected chi connectivity index (χ3v) is 5.45. The standard InChI is InChI=1S/C19H29N3O3/c1-2-16-6-3-4-9-22(16)18(23)8-10-20-11-13-21(14-12-20)19(24)17-7-5-15-25-17/h5,7,15-16H,2-4,6,8-14H2,1H3. The van der Waals surface area contributed by atoms with Gasteiger partial charge in [-0.3, -0.25) is 14.5 Å². The monoisotopic (exact) mass is 347 g/mol. The number of nitrogens with zero attached hydrogens (tertiary/aromatic N) is 3. The van der Waals surface area contributed by atoms with Crippen LogP contribution in [0, 0.1) is 0 Å². The van der Waals surface area contributed by atoms with Gasteiger partial charge in [-0.2, -0.15) is 0 Å². The summed E-state index contributed by atoms with van der Waals surface area (Å²) >= 11 is 0. The molecule has 1 aromatic rings. The zero-order valence-electron chi connectivity index (χ0n) is 15.2. The number of piperazine rings is 1. The highest BCUT2D eigenvalue weighted by Gasteiger charge is 2.27. The lowest BCUT2D eigenvalue weighted by molar-refractivity contribution is -0.135. The Hall–Kier alpha value is -1.82. The minimum Gasteiger partial charge on any atom is -0.459 e. The van der Waals surface area contributed by atoms with Gasteiger partial charge in [-0.25, -0.2) is 0 Å². The minimum atomic E-state index is -0.0418. The molecular formula is C19H29N3O3. The SMILES string of the molecule is CCC1CCCCN1C(=O)CCN1CCN(C(=O)c2ccco2)CC1. The first-order valence-electron chi connectivity index (χ1n) is 9.53.